The first-order chi connectivity index (χ1) is 19.0. The lowest BCUT2D eigenvalue weighted by atomic mass is 9.53. The Morgan fingerprint density at radius 3 is 2.70 bits per heavy atom. The lowest BCUT2D eigenvalue weighted by Gasteiger charge is -2.53. The van der Waals surface area contributed by atoms with Crippen LogP contribution < -0.4 is 5.32 Å². The predicted molar refractivity (Wildman–Crippen MR) is 156 cm³/mol. The van der Waals surface area contributed by atoms with Crippen LogP contribution in [0, 0.1) is 23.2 Å². The van der Waals surface area contributed by atoms with Gasteiger partial charge in [-0.3, -0.25) is 9.69 Å². The van der Waals surface area contributed by atoms with Crippen molar-refractivity contribution in [3.8, 4) is 0 Å². The molecule has 220 valence electrons. The number of halogens is 1. The number of morpholine rings is 1. The average molecular weight is 610 g/mol. The normalized spacial score (nSPS) is 29.8. The van der Waals surface area contributed by atoms with Crippen LogP contribution in [0.5, 0.6) is 0 Å². The van der Waals surface area contributed by atoms with Crippen LogP contribution in [-0.2, 0) is 31.5 Å². The van der Waals surface area contributed by atoms with Crippen molar-refractivity contribution in [1.29, 1.82) is 0 Å². The van der Waals surface area contributed by atoms with Gasteiger partial charge >= 0.3 is 0 Å². The van der Waals surface area contributed by atoms with Gasteiger partial charge in [0.05, 0.1) is 29.9 Å². The van der Waals surface area contributed by atoms with Crippen LogP contribution in [-0.4, -0.2) is 74.8 Å². The minimum absolute atomic E-state index is 0.00610. The fourth-order valence-electron chi connectivity index (χ4n) is 7.06. The summed E-state index contributed by atoms with van der Waals surface area (Å²) in [6.45, 7) is 10.9. The van der Waals surface area contributed by atoms with Crippen LogP contribution >= 0.6 is 22.9 Å². The number of nitrogens with zero attached hydrogens (tertiary/aromatic N) is 2. The highest BCUT2D eigenvalue weighted by atomic mass is 35.5. The molecule has 1 aromatic heterocycles. The summed E-state index contributed by atoms with van der Waals surface area (Å²) >= 11 is 7.41. The molecule has 5 rings (SSSR count). The molecule has 1 saturated heterocycles. The second-order valence-electron chi connectivity index (χ2n) is 12.0. The van der Waals surface area contributed by atoms with Crippen LogP contribution in [0.3, 0.4) is 0 Å². The van der Waals surface area contributed by atoms with Crippen molar-refractivity contribution in [1.82, 2.24) is 15.2 Å². The highest BCUT2D eigenvalue weighted by Crippen LogP contribution is 2.57. The highest BCUT2D eigenvalue weighted by molar-refractivity contribution is 7.90. The van der Waals surface area contributed by atoms with Gasteiger partial charge < -0.3 is 15.2 Å². The number of rotatable bonds is 8. The maximum atomic E-state index is 13.1. The first kappa shape index (κ1) is 29.9. The van der Waals surface area contributed by atoms with Gasteiger partial charge in [0.25, 0.3) is 0 Å². The Morgan fingerprint density at radius 1 is 1.30 bits per heavy atom. The van der Waals surface area contributed by atoms with E-state index in [9.17, 15) is 18.3 Å². The standard InChI is InChI=1S/C29H40ClN3O5S2/c1-18(28(35)31-10-11-33-12-14-38-15-13-33)22-8-9-29(3)16-23-26(19(2)25(29)27(22)34)32-24(39-23)17-40(36,37)21-6-4-20(30)5-7-21/h4-7,18-19,22,25,27,34H,8-17H2,1-3H3,(H,31,35). The van der Waals surface area contributed by atoms with E-state index in [2.05, 4.69) is 24.1 Å². The Balaban J connectivity index is 1.26. The summed E-state index contributed by atoms with van der Waals surface area (Å²) in [7, 11) is -3.56. The second-order valence-corrected chi connectivity index (χ2v) is 15.6. The summed E-state index contributed by atoms with van der Waals surface area (Å²) in [5.74, 6) is -0.681. The largest absolute Gasteiger partial charge is 0.392 e. The Hall–Kier alpha value is -1.56. The van der Waals surface area contributed by atoms with Gasteiger partial charge in [0.15, 0.2) is 9.84 Å². The number of aliphatic hydroxyl groups is 1. The summed E-state index contributed by atoms with van der Waals surface area (Å²) in [4.78, 5) is 21.5. The molecule has 0 radical (unpaired) electrons. The van der Waals surface area contributed by atoms with E-state index in [1.54, 1.807) is 12.1 Å². The molecule has 2 fully saturated rings. The third-order valence-corrected chi connectivity index (χ3v) is 12.5. The number of aliphatic hydroxyl groups excluding tert-OH is 1. The number of thiazole rings is 1. The summed E-state index contributed by atoms with van der Waals surface area (Å²) in [5, 5.41) is 15.9. The van der Waals surface area contributed by atoms with E-state index in [-0.39, 0.29) is 45.6 Å². The average Bonchev–Trinajstić information content (AvgIpc) is 3.30. The number of aromatic nitrogens is 1. The van der Waals surface area contributed by atoms with Crippen LogP contribution in [0.2, 0.25) is 5.02 Å². The van der Waals surface area contributed by atoms with E-state index in [1.165, 1.54) is 23.5 Å². The van der Waals surface area contributed by atoms with Crippen molar-refractivity contribution >= 4 is 38.7 Å². The topological polar surface area (TPSA) is 109 Å². The number of hydrogen-bond donors (Lipinski definition) is 2. The van der Waals surface area contributed by atoms with Gasteiger partial charge in [0.1, 0.15) is 10.8 Å². The summed E-state index contributed by atoms with van der Waals surface area (Å²) in [6.07, 6.45) is 1.82. The molecule has 0 spiro atoms. The Bertz CT molecular complexity index is 1310. The fraction of sp³-hybridized carbons (Fsp3) is 0.655. The molecule has 3 aliphatic rings. The highest BCUT2D eigenvalue weighted by Gasteiger charge is 2.53. The molecule has 2 N–H and O–H groups in total. The van der Waals surface area contributed by atoms with Crippen LogP contribution in [0.1, 0.15) is 55.1 Å². The first-order valence-corrected chi connectivity index (χ1v) is 17.1. The van der Waals surface area contributed by atoms with Gasteiger partial charge in [-0.25, -0.2) is 13.4 Å². The molecule has 0 bridgehead atoms. The quantitative estimate of drug-likeness (QED) is 0.467. The van der Waals surface area contributed by atoms with Gasteiger partial charge in [-0.2, -0.15) is 0 Å². The van der Waals surface area contributed by atoms with E-state index < -0.39 is 15.9 Å². The van der Waals surface area contributed by atoms with Gasteiger partial charge in [-0.1, -0.05) is 32.4 Å². The van der Waals surface area contributed by atoms with Crippen LogP contribution in [0.15, 0.2) is 29.2 Å². The number of nitrogens with one attached hydrogen (secondary N) is 1. The predicted octanol–water partition coefficient (Wildman–Crippen LogP) is 3.91. The summed E-state index contributed by atoms with van der Waals surface area (Å²) < 4.78 is 31.5. The molecule has 2 aliphatic carbocycles. The lowest BCUT2D eigenvalue weighted by Crippen LogP contribution is -2.53. The van der Waals surface area contributed by atoms with E-state index in [4.69, 9.17) is 21.3 Å². The molecule has 1 aliphatic heterocycles. The molecule has 8 nitrogen and oxygen atoms in total. The number of benzene rings is 1. The number of ether oxygens (including phenoxy) is 1. The number of amides is 1. The van der Waals surface area contributed by atoms with Crippen molar-refractivity contribution in [3.63, 3.8) is 0 Å². The van der Waals surface area contributed by atoms with Crippen molar-refractivity contribution in [2.24, 2.45) is 23.2 Å². The number of hydrogen-bond acceptors (Lipinski definition) is 8. The summed E-state index contributed by atoms with van der Waals surface area (Å²) in [5.41, 5.74) is 0.768. The van der Waals surface area contributed by atoms with Crippen molar-refractivity contribution in [2.75, 3.05) is 39.4 Å². The van der Waals surface area contributed by atoms with E-state index in [0.717, 1.165) is 62.7 Å². The Kier molecular flexibility index (Phi) is 8.95. The maximum absolute atomic E-state index is 13.1. The summed E-state index contributed by atoms with van der Waals surface area (Å²) in [6, 6.07) is 6.22. The molecule has 1 amide bonds. The number of carbonyl (C=O) groups excluding carboxylic acids is 1. The van der Waals surface area contributed by atoms with Gasteiger partial charge in [0.2, 0.25) is 5.91 Å². The molecule has 6 atom stereocenters. The van der Waals surface area contributed by atoms with Gasteiger partial charge in [-0.05, 0) is 60.8 Å². The van der Waals surface area contributed by atoms with Crippen LogP contribution in [0.25, 0.3) is 0 Å². The monoisotopic (exact) mass is 609 g/mol. The molecule has 1 saturated carbocycles. The molecule has 2 heterocycles. The third-order valence-electron chi connectivity index (χ3n) is 9.34. The minimum Gasteiger partial charge on any atom is -0.392 e. The van der Waals surface area contributed by atoms with Crippen molar-refractivity contribution in [2.45, 2.75) is 62.7 Å². The molecule has 2 aromatic rings. The van der Waals surface area contributed by atoms with Gasteiger partial charge in [-0.15, -0.1) is 11.3 Å². The molecule has 40 heavy (non-hydrogen) atoms. The Labute approximate surface area is 246 Å². The van der Waals surface area contributed by atoms with E-state index in [0.29, 0.717) is 16.6 Å². The first-order valence-electron chi connectivity index (χ1n) is 14.2. The maximum Gasteiger partial charge on any atom is 0.223 e. The molecular weight excluding hydrogens is 570 g/mol. The second kappa shape index (κ2) is 12.0. The zero-order chi connectivity index (χ0) is 28.7. The number of sulfone groups is 1. The zero-order valence-electron chi connectivity index (χ0n) is 23.4. The molecular formula is C29H40ClN3O5S2. The van der Waals surface area contributed by atoms with Crippen molar-refractivity contribution < 1.29 is 23.1 Å². The number of fused-ring (bicyclic) bond motifs is 2. The minimum atomic E-state index is -3.56. The van der Waals surface area contributed by atoms with Crippen molar-refractivity contribution in [3.05, 3.63) is 44.9 Å². The molecule has 6 unspecified atom stereocenters. The van der Waals surface area contributed by atoms with Gasteiger partial charge in [0, 0.05) is 47.9 Å². The third kappa shape index (κ3) is 6.13. The molecule has 1 aromatic carbocycles. The van der Waals surface area contributed by atoms with Crippen LogP contribution in [0.4, 0.5) is 0 Å². The smallest absolute Gasteiger partial charge is 0.223 e. The lowest BCUT2D eigenvalue weighted by molar-refractivity contribution is -0.134. The van der Waals surface area contributed by atoms with E-state index in [1.807, 2.05) is 6.92 Å². The fourth-order valence-corrected chi connectivity index (χ4v) is 10.2. The SMILES string of the molecule is CC(C(=O)NCCN1CCOCC1)C1CCC2(C)Cc3sc(CS(=O)(=O)c4ccc(Cl)cc4)nc3C(C)C2C1O. The molecule has 11 heteroatoms. The Morgan fingerprint density at radius 2 is 2.00 bits per heavy atom. The van der Waals surface area contributed by atoms with E-state index >= 15 is 0 Å². The zero-order valence-corrected chi connectivity index (χ0v) is 25.8. The number of carbonyl (C=O) groups is 1.